The first-order chi connectivity index (χ1) is 6.66. The van der Waals surface area contributed by atoms with E-state index in [1.54, 1.807) is 30.3 Å². The van der Waals surface area contributed by atoms with Crippen molar-refractivity contribution in [3.8, 4) is 0 Å². The maximum Gasteiger partial charge on any atom is 0.212 e. The van der Waals surface area contributed by atoms with Crippen LogP contribution in [-0.4, -0.2) is 17.6 Å². The molecule has 4 heteroatoms. The quantitative estimate of drug-likeness (QED) is 0.412. The van der Waals surface area contributed by atoms with Crippen molar-refractivity contribution >= 4 is 11.6 Å². The summed E-state index contributed by atoms with van der Waals surface area (Å²) in [6.45, 7) is 1.17. The van der Waals surface area contributed by atoms with E-state index in [0.717, 1.165) is 0 Å². The highest BCUT2D eigenvalue weighted by atomic mass is 16.3. The van der Waals surface area contributed by atoms with Gasteiger partial charge in [-0.1, -0.05) is 35.5 Å². The zero-order valence-electron chi connectivity index (χ0n) is 7.64. The van der Waals surface area contributed by atoms with Crippen molar-refractivity contribution in [2.75, 3.05) is 0 Å². The van der Waals surface area contributed by atoms with E-state index in [4.69, 9.17) is 0 Å². The summed E-state index contributed by atoms with van der Waals surface area (Å²) in [6, 6.07) is 6.75. The van der Waals surface area contributed by atoms with Crippen LogP contribution < -0.4 is 0 Å². The minimum Gasteiger partial charge on any atom is -0.297 e. The Balaban J connectivity index is 2.95. The molecule has 0 aliphatic rings. The van der Waals surface area contributed by atoms with Gasteiger partial charge in [-0.05, 0) is 6.92 Å². The number of carbonyl (C=O) groups is 2. The third-order valence-electron chi connectivity index (χ3n) is 1.80. The molecule has 0 fully saturated rings. The first kappa shape index (κ1) is 10.2. The van der Waals surface area contributed by atoms with Gasteiger partial charge in [0.15, 0.2) is 11.6 Å². The summed E-state index contributed by atoms with van der Waals surface area (Å²) in [5.74, 6) is -1.08. The Bertz CT molecular complexity index is 359. The molecular formula is C10H9NO3. The third-order valence-corrected chi connectivity index (χ3v) is 1.80. The van der Waals surface area contributed by atoms with Crippen LogP contribution in [0.5, 0.6) is 0 Å². The van der Waals surface area contributed by atoms with E-state index in [1.807, 2.05) is 0 Å². The minimum atomic E-state index is -1.41. The van der Waals surface area contributed by atoms with Crippen LogP contribution in [0.25, 0.3) is 0 Å². The van der Waals surface area contributed by atoms with Crippen molar-refractivity contribution in [1.82, 2.24) is 0 Å². The van der Waals surface area contributed by atoms with Crippen molar-refractivity contribution in [3.63, 3.8) is 0 Å². The van der Waals surface area contributed by atoms with E-state index < -0.39 is 17.6 Å². The topological polar surface area (TPSA) is 63.6 Å². The van der Waals surface area contributed by atoms with Crippen molar-refractivity contribution in [2.45, 2.75) is 13.0 Å². The van der Waals surface area contributed by atoms with Crippen LogP contribution in [0, 0.1) is 4.91 Å². The fraction of sp³-hybridized carbons (Fsp3) is 0.200. The van der Waals surface area contributed by atoms with Gasteiger partial charge in [0, 0.05) is 5.56 Å². The van der Waals surface area contributed by atoms with E-state index in [9.17, 15) is 14.5 Å². The van der Waals surface area contributed by atoms with E-state index in [1.165, 1.54) is 6.92 Å². The first-order valence-electron chi connectivity index (χ1n) is 4.09. The van der Waals surface area contributed by atoms with Gasteiger partial charge in [-0.2, -0.15) is 0 Å². The Labute approximate surface area is 80.9 Å². The molecule has 0 amide bonds. The monoisotopic (exact) mass is 191 g/mol. The minimum absolute atomic E-state index is 0.326. The van der Waals surface area contributed by atoms with Gasteiger partial charge in [-0.25, -0.2) is 0 Å². The summed E-state index contributed by atoms with van der Waals surface area (Å²) in [5, 5.41) is 2.51. The molecule has 0 bridgehead atoms. The third kappa shape index (κ3) is 2.10. The Morgan fingerprint density at radius 2 is 1.79 bits per heavy atom. The second-order valence-corrected chi connectivity index (χ2v) is 2.85. The number of nitroso groups, excluding NO2 is 1. The fourth-order valence-electron chi connectivity index (χ4n) is 1.07. The molecule has 0 spiro atoms. The average Bonchev–Trinajstić information content (AvgIpc) is 2.19. The van der Waals surface area contributed by atoms with E-state index in [-0.39, 0.29) is 0 Å². The first-order valence-corrected chi connectivity index (χ1v) is 4.09. The highest BCUT2D eigenvalue weighted by molar-refractivity contribution is 6.13. The van der Waals surface area contributed by atoms with Crippen LogP contribution in [0.15, 0.2) is 35.5 Å². The normalized spacial score (nSPS) is 11.8. The number of Topliss-reactive ketones (excluding diaryl/α,β-unsaturated/α-hetero) is 2. The van der Waals surface area contributed by atoms with Gasteiger partial charge in [0.05, 0.1) is 0 Å². The number of carbonyl (C=O) groups excluding carboxylic acids is 2. The summed E-state index contributed by atoms with van der Waals surface area (Å²) < 4.78 is 0. The molecule has 0 aliphatic carbocycles. The van der Waals surface area contributed by atoms with Gasteiger partial charge >= 0.3 is 0 Å². The standard InChI is InChI=1S/C10H9NO3/c1-7(12)9(11-14)10(13)8-5-3-2-4-6-8/h2-6,9H,1H3. The van der Waals surface area contributed by atoms with Crippen LogP contribution >= 0.6 is 0 Å². The average molecular weight is 191 g/mol. The summed E-state index contributed by atoms with van der Waals surface area (Å²) >= 11 is 0. The van der Waals surface area contributed by atoms with Crippen molar-refractivity contribution in [2.24, 2.45) is 5.18 Å². The van der Waals surface area contributed by atoms with Gasteiger partial charge in [0.1, 0.15) is 0 Å². The Kier molecular flexibility index (Phi) is 3.23. The van der Waals surface area contributed by atoms with Crippen LogP contribution in [0.3, 0.4) is 0 Å². The molecule has 72 valence electrons. The lowest BCUT2D eigenvalue weighted by Gasteiger charge is -2.03. The number of nitrogens with zero attached hydrogens (tertiary/aromatic N) is 1. The Morgan fingerprint density at radius 3 is 2.21 bits per heavy atom. The second-order valence-electron chi connectivity index (χ2n) is 2.85. The zero-order chi connectivity index (χ0) is 10.6. The highest BCUT2D eigenvalue weighted by Crippen LogP contribution is 2.06. The zero-order valence-corrected chi connectivity index (χ0v) is 7.64. The fourth-order valence-corrected chi connectivity index (χ4v) is 1.07. The van der Waals surface area contributed by atoms with Gasteiger partial charge in [-0.3, -0.25) is 9.59 Å². The molecule has 4 nitrogen and oxygen atoms in total. The molecule has 0 heterocycles. The largest absolute Gasteiger partial charge is 0.297 e. The summed E-state index contributed by atoms with van der Waals surface area (Å²) in [7, 11) is 0. The number of ketones is 2. The summed E-state index contributed by atoms with van der Waals surface area (Å²) in [6.07, 6.45) is 0. The van der Waals surface area contributed by atoms with Crippen LogP contribution in [0.1, 0.15) is 17.3 Å². The molecule has 0 aliphatic heterocycles. The SMILES string of the molecule is CC(=O)C(N=O)C(=O)c1ccccc1. The molecule has 0 saturated carbocycles. The van der Waals surface area contributed by atoms with Crippen LogP contribution in [0.2, 0.25) is 0 Å². The number of benzene rings is 1. The van der Waals surface area contributed by atoms with Crippen molar-refractivity contribution in [1.29, 1.82) is 0 Å². The summed E-state index contributed by atoms with van der Waals surface area (Å²) in [4.78, 5) is 32.6. The summed E-state index contributed by atoms with van der Waals surface area (Å²) in [5.41, 5.74) is 0.326. The van der Waals surface area contributed by atoms with Crippen LogP contribution in [-0.2, 0) is 4.79 Å². The number of hydrogen-bond acceptors (Lipinski definition) is 4. The van der Waals surface area contributed by atoms with Crippen molar-refractivity contribution in [3.05, 3.63) is 40.8 Å². The smallest absolute Gasteiger partial charge is 0.212 e. The lowest BCUT2D eigenvalue weighted by atomic mass is 10.0. The highest BCUT2D eigenvalue weighted by Gasteiger charge is 2.24. The molecule has 1 aromatic rings. The molecule has 1 aromatic carbocycles. The van der Waals surface area contributed by atoms with Gasteiger partial charge in [-0.15, -0.1) is 4.91 Å². The molecule has 1 atom stereocenters. The maximum absolute atomic E-state index is 11.5. The lowest BCUT2D eigenvalue weighted by molar-refractivity contribution is -0.117. The van der Waals surface area contributed by atoms with Gasteiger partial charge in [0.25, 0.3) is 0 Å². The molecule has 1 unspecified atom stereocenters. The van der Waals surface area contributed by atoms with Gasteiger partial charge in [0.2, 0.25) is 6.04 Å². The predicted molar refractivity (Wildman–Crippen MR) is 51.0 cm³/mol. The van der Waals surface area contributed by atoms with E-state index >= 15 is 0 Å². The molecule has 14 heavy (non-hydrogen) atoms. The lowest BCUT2D eigenvalue weighted by Crippen LogP contribution is -2.25. The van der Waals surface area contributed by atoms with Gasteiger partial charge < -0.3 is 0 Å². The molecular weight excluding hydrogens is 182 g/mol. The second kappa shape index (κ2) is 4.41. The van der Waals surface area contributed by atoms with E-state index in [2.05, 4.69) is 5.18 Å². The van der Waals surface area contributed by atoms with E-state index in [0.29, 0.717) is 5.56 Å². The molecule has 0 N–H and O–H groups in total. The Morgan fingerprint density at radius 1 is 1.21 bits per heavy atom. The van der Waals surface area contributed by atoms with Crippen LogP contribution in [0.4, 0.5) is 0 Å². The molecule has 0 radical (unpaired) electrons. The predicted octanol–water partition coefficient (Wildman–Crippen LogP) is 1.59. The number of rotatable bonds is 4. The molecule has 0 aromatic heterocycles. The van der Waals surface area contributed by atoms with Crippen molar-refractivity contribution < 1.29 is 9.59 Å². The number of hydrogen-bond donors (Lipinski definition) is 0. The maximum atomic E-state index is 11.5. The molecule has 1 rings (SSSR count). The Hall–Kier alpha value is -1.84. The molecule has 0 saturated heterocycles.